The fraction of sp³-hybridized carbons (Fsp3) is 0.636. The molecule has 0 N–H and O–H groups in total. The summed E-state index contributed by atoms with van der Waals surface area (Å²) in [5.41, 5.74) is 0.928. The first-order valence-electron chi connectivity index (χ1n) is 9.80. The second-order valence-corrected chi connectivity index (χ2v) is 7.71. The molecule has 0 aliphatic heterocycles. The average molecular weight is 363 g/mol. The van der Waals surface area contributed by atoms with Crippen molar-refractivity contribution in [2.24, 2.45) is 0 Å². The largest absolute Gasteiger partial charge is 0.466 e. The Kier molecular flexibility index (Phi) is 10.0. The first-order valence-corrected chi connectivity index (χ1v) is 9.80. The van der Waals surface area contributed by atoms with E-state index in [4.69, 9.17) is 9.47 Å². The second-order valence-electron chi connectivity index (χ2n) is 7.71. The molecule has 1 aromatic carbocycles. The van der Waals surface area contributed by atoms with Gasteiger partial charge in [-0.25, -0.2) is 0 Å². The van der Waals surface area contributed by atoms with Gasteiger partial charge in [0.2, 0.25) is 0 Å². The number of hydrogen-bond donors (Lipinski definition) is 0. The summed E-state index contributed by atoms with van der Waals surface area (Å²) in [4.78, 5) is 23.7. The summed E-state index contributed by atoms with van der Waals surface area (Å²) in [5, 5.41) is 0. The second kappa shape index (κ2) is 11.7. The summed E-state index contributed by atoms with van der Waals surface area (Å²) in [6, 6.07) is 7.63. The number of unbranched alkanes of at least 4 members (excludes halogenated alkanes) is 4. The van der Waals surface area contributed by atoms with Crippen LogP contribution in [0.15, 0.2) is 24.3 Å². The van der Waals surface area contributed by atoms with Crippen LogP contribution in [0.2, 0.25) is 0 Å². The number of carbonyl (C=O) groups is 2. The van der Waals surface area contributed by atoms with Crippen molar-refractivity contribution in [3.05, 3.63) is 29.8 Å². The average Bonchev–Trinajstić information content (AvgIpc) is 2.58. The smallest absolute Gasteiger partial charge is 0.311 e. The summed E-state index contributed by atoms with van der Waals surface area (Å²) in [6.45, 7) is 8.93. The van der Waals surface area contributed by atoms with Gasteiger partial charge < -0.3 is 9.47 Å². The number of esters is 2. The number of carbonyl (C=O) groups excluding carboxylic acids is 2. The summed E-state index contributed by atoms with van der Waals surface area (Å²) < 4.78 is 10.7. The molecular formula is C22H34O4. The molecule has 4 heteroatoms. The summed E-state index contributed by atoms with van der Waals surface area (Å²) in [7, 11) is 0. The number of rotatable bonds is 11. The Morgan fingerprint density at radius 1 is 0.885 bits per heavy atom. The normalized spacial score (nSPS) is 11.2. The molecule has 26 heavy (non-hydrogen) atoms. The highest BCUT2D eigenvalue weighted by molar-refractivity contribution is 5.73. The maximum atomic E-state index is 12.1. The van der Waals surface area contributed by atoms with Crippen molar-refractivity contribution in [2.75, 3.05) is 6.61 Å². The van der Waals surface area contributed by atoms with Crippen molar-refractivity contribution >= 4 is 11.9 Å². The molecule has 0 saturated carbocycles. The molecule has 0 aliphatic carbocycles. The molecule has 0 aliphatic rings. The molecule has 0 saturated heterocycles. The predicted molar refractivity (Wildman–Crippen MR) is 104 cm³/mol. The third kappa shape index (κ3) is 9.02. The van der Waals surface area contributed by atoms with Gasteiger partial charge in [-0.3, -0.25) is 9.59 Å². The maximum Gasteiger partial charge on any atom is 0.311 e. The van der Waals surface area contributed by atoms with E-state index in [-0.39, 0.29) is 17.4 Å². The van der Waals surface area contributed by atoms with Crippen molar-refractivity contribution < 1.29 is 19.1 Å². The number of hydrogen-bond acceptors (Lipinski definition) is 4. The van der Waals surface area contributed by atoms with Crippen LogP contribution in [0, 0.1) is 0 Å². The molecule has 0 bridgehead atoms. The first-order chi connectivity index (χ1) is 12.3. The fourth-order valence-electron chi connectivity index (χ4n) is 2.67. The Balaban J connectivity index is 2.25. The number of ether oxygens (including phenoxy) is 2. The third-order valence-electron chi connectivity index (χ3n) is 4.19. The van der Waals surface area contributed by atoms with Gasteiger partial charge in [0.15, 0.2) is 0 Å². The minimum atomic E-state index is -0.255. The van der Waals surface area contributed by atoms with Crippen LogP contribution in [-0.2, 0) is 19.7 Å². The molecule has 1 rings (SSSR count). The van der Waals surface area contributed by atoms with Gasteiger partial charge >= 0.3 is 11.9 Å². The highest BCUT2D eigenvalue weighted by Crippen LogP contribution is 2.31. The number of para-hydroxylation sites is 1. The van der Waals surface area contributed by atoms with Crippen molar-refractivity contribution in [1.29, 1.82) is 0 Å². The molecular weight excluding hydrogens is 328 g/mol. The third-order valence-corrected chi connectivity index (χ3v) is 4.19. The van der Waals surface area contributed by atoms with Crippen LogP contribution in [0.5, 0.6) is 5.75 Å². The molecule has 0 fully saturated rings. The minimum Gasteiger partial charge on any atom is -0.466 e. The molecule has 4 nitrogen and oxygen atoms in total. The van der Waals surface area contributed by atoms with Gasteiger partial charge in [-0.15, -0.1) is 0 Å². The van der Waals surface area contributed by atoms with E-state index in [2.05, 4.69) is 27.7 Å². The van der Waals surface area contributed by atoms with E-state index in [1.165, 1.54) is 12.8 Å². The first kappa shape index (κ1) is 22.2. The monoisotopic (exact) mass is 362 g/mol. The molecule has 1 aromatic rings. The Morgan fingerprint density at radius 3 is 2.19 bits per heavy atom. The Morgan fingerprint density at radius 2 is 1.54 bits per heavy atom. The molecule has 0 heterocycles. The fourth-order valence-corrected chi connectivity index (χ4v) is 2.67. The van der Waals surface area contributed by atoms with Gasteiger partial charge in [-0.2, -0.15) is 0 Å². The highest BCUT2D eigenvalue weighted by Gasteiger charge is 2.19. The maximum absolute atomic E-state index is 12.1. The van der Waals surface area contributed by atoms with E-state index in [0.29, 0.717) is 38.0 Å². The minimum absolute atomic E-state index is 0.0856. The van der Waals surface area contributed by atoms with Gasteiger partial charge in [-0.05, 0) is 30.7 Å². The van der Waals surface area contributed by atoms with Crippen molar-refractivity contribution in [3.63, 3.8) is 0 Å². The van der Waals surface area contributed by atoms with Crippen molar-refractivity contribution in [3.8, 4) is 5.75 Å². The van der Waals surface area contributed by atoms with Crippen LogP contribution in [-0.4, -0.2) is 18.5 Å². The molecule has 0 unspecified atom stereocenters. The van der Waals surface area contributed by atoms with Gasteiger partial charge in [-0.1, -0.05) is 65.2 Å². The van der Waals surface area contributed by atoms with Gasteiger partial charge in [0.1, 0.15) is 5.75 Å². The molecule has 146 valence electrons. The summed E-state index contributed by atoms with van der Waals surface area (Å²) in [5.74, 6) is 0.194. The molecule has 0 atom stereocenters. The van der Waals surface area contributed by atoms with E-state index in [0.717, 1.165) is 18.4 Å². The van der Waals surface area contributed by atoms with Crippen LogP contribution < -0.4 is 4.74 Å². The van der Waals surface area contributed by atoms with Crippen LogP contribution in [0.1, 0.15) is 84.6 Å². The Hall–Kier alpha value is -1.84. The van der Waals surface area contributed by atoms with Crippen molar-refractivity contribution in [1.82, 2.24) is 0 Å². The zero-order valence-corrected chi connectivity index (χ0v) is 16.8. The Labute approximate surface area is 158 Å². The summed E-state index contributed by atoms with van der Waals surface area (Å²) >= 11 is 0. The lowest BCUT2D eigenvalue weighted by molar-refractivity contribution is -0.144. The van der Waals surface area contributed by atoms with Crippen LogP contribution in [0.3, 0.4) is 0 Å². The topological polar surface area (TPSA) is 52.6 Å². The standard InChI is InChI=1S/C22H34O4/c1-5-6-7-12-17-25-20(23)15-10-11-16-21(24)26-19-14-9-8-13-18(19)22(2,3)4/h8-9,13-14H,5-7,10-12,15-17H2,1-4H3. The van der Waals surface area contributed by atoms with E-state index in [9.17, 15) is 9.59 Å². The van der Waals surface area contributed by atoms with Gasteiger partial charge in [0, 0.05) is 18.4 Å². The predicted octanol–water partition coefficient (Wildman–Crippen LogP) is 5.57. The van der Waals surface area contributed by atoms with Gasteiger partial charge in [0.05, 0.1) is 6.61 Å². The van der Waals surface area contributed by atoms with Crippen LogP contribution >= 0.6 is 0 Å². The molecule has 0 radical (unpaired) electrons. The zero-order valence-electron chi connectivity index (χ0n) is 16.8. The SMILES string of the molecule is CCCCCCOC(=O)CCCCC(=O)Oc1ccccc1C(C)(C)C. The van der Waals surface area contributed by atoms with Crippen LogP contribution in [0.4, 0.5) is 0 Å². The van der Waals surface area contributed by atoms with E-state index in [1.807, 2.05) is 24.3 Å². The lowest BCUT2D eigenvalue weighted by atomic mass is 9.86. The zero-order chi connectivity index (χ0) is 19.4. The quantitative estimate of drug-likeness (QED) is 0.293. The highest BCUT2D eigenvalue weighted by atomic mass is 16.5. The van der Waals surface area contributed by atoms with Crippen molar-refractivity contribution in [2.45, 2.75) is 84.5 Å². The van der Waals surface area contributed by atoms with E-state index in [1.54, 1.807) is 0 Å². The van der Waals surface area contributed by atoms with E-state index < -0.39 is 0 Å². The van der Waals surface area contributed by atoms with Crippen LogP contribution in [0.25, 0.3) is 0 Å². The number of benzene rings is 1. The lowest BCUT2D eigenvalue weighted by Gasteiger charge is -2.22. The lowest BCUT2D eigenvalue weighted by Crippen LogP contribution is -2.16. The molecule has 0 spiro atoms. The van der Waals surface area contributed by atoms with E-state index >= 15 is 0 Å². The Bertz CT molecular complexity index is 558. The molecule has 0 aromatic heterocycles. The summed E-state index contributed by atoms with van der Waals surface area (Å²) in [6.07, 6.45) is 6.32. The van der Waals surface area contributed by atoms with Gasteiger partial charge in [0.25, 0.3) is 0 Å². The molecule has 0 amide bonds.